The molecule has 0 N–H and O–H groups in total. The van der Waals surface area contributed by atoms with Crippen molar-refractivity contribution >= 4 is 10.0 Å². The maximum atomic E-state index is 13.0. The molecule has 2 fully saturated rings. The van der Waals surface area contributed by atoms with Gasteiger partial charge < -0.3 is 9.64 Å². The molecule has 2 saturated heterocycles. The quantitative estimate of drug-likeness (QED) is 0.828. The molecule has 22 heavy (non-hydrogen) atoms. The highest BCUT2D eigenvalue weighted by atomic mass is 32.2. The Balaban J connectivity index is 1.82. The second-order valence-corrected chi connectivity index (χ2v) is 8.15. The fraction of sp³-hybridized carbons (Fsp3) is 0.600. The summed E-state index contributed by atoms with van der Waals surface area (Å²) in [5.74, 6) is -0.262. The third-order valence-corrected chi connectivity index (χ3v) is 6.08. The molecule has 1 aromatic rings. The first-order valence-corrected chi connectivity index (χ1v) is 9.05. The van der Waals surface area contributed by atoms with Gasteiger partial charge >= 0.3 is 0 Å². The van der Waals surface area contributed by atoms with Crippen molar-refractivity contribution in [3.63, 3.8) is 0 Å². The monoisotopic (exact) mass is 328 g/mol. The molecular formula is C15H21FN2O3S. The third kappa shape index (κ3) is 3.48. The van der Waals surface area contributed by atoms with Crippen LogP contribution in [0.4, 0.5) is 4.39 Å². The molecule has 7 heteroatoms. The lowest BCUT2D eigenvalue weighted by Gasteiger charge is -2.29. The number of benzene rings is 1. The van der Waals surface area contributed by atoms with Crippen LogP contribution >= 0.6 is 0 Å². The van der Waals surface area contributed by atoms with E-state index < -0.39 is 10.0 Å². The average Bonchev–Trinajstić information content (AvgIpc) is 2.72. The first kappa shape index (κ1) is 15.9. The van der Waals surface area contributed by atoms with Crippen molar-refractivity contribution in [2.75, 3.05) is 39.9 Å². The maximum Gasteiger partial charge on any atom is 0.218 e. The fourth-order valence-electron chi connectivity index (χ4n) is 3.25. The number of sulfonamides is 1. The molecule has 3 rings (SSSR count). The summed E-state index contributed by atoms with van der Waals surface area (Å²) in [5, 5.41) is 0. The zero-order chi connectivity index (χ0) is 15.7. The van der Waals surface area contributed by atoms with Gasteiger partial charge in [-0.15, -0.1) is 0 Å². The molecule has 0 aromatic heterocycles. The Hall–Kier alpha value is -1.02. The number of rotatable bonds is 3. The van der Waals surface area contributed by atoms with E-state index >= 15 is 0 Å². The summed E-state index contributed by atoms with van der Waals surface area (Å²) >= 11 is 0. The van der Waals surface area contributed by atoms with Gasteiger partial charge in [-0.25, -0.2) is 12.8 Å². The van der Waals surface area contributed by atoms with Crippen LogP contribution in [-0.4, -0.2) is 63.6 Å². The molecule has 0 amide bonds. The van der Waals surface area contributed by atoms with Crippen LogP contribution in [0.15, 0.2) is 24.3 Å². The Morgan fingerprint density at radius 2 is 1.91 bits per heavy atom. The fourth-order valence-corrected chi connectivity index (χ4v) is 5.05. The molecule has 0 aliphatic carbocycles. The number of ether oxygens (including phenoxy) is 1. The molecule has 5 nitrogen and oxygen atoms in total. The number of hydrogen-bond donors (Lipinski definition) is 0. The molecule has 122 valence electrons. The Labute approximate surface area is 130 Å². The molecule has 2 atom stereocenters. The van der Waals surface area contributed by atoms with Crippen LogP contribution in [0, 0.1) is 11.7 Å². The van der Waals surface area contributed by atoms with Gasteiger partial charge in [0.05, 0.1) is 25.0 Å². The van der Waals surface area contributed by atoms with Gasteiger partial charge in [-0.1, -0.05) is 12.1 Å². The predicted molar refractivity (Wildman–Crippen MR) is 81.3 cm³/mol. The van der Waals surface area contributed by atoms with Gasteiger partial charge in [0.15, 0.2) is 0 Å². The van der Waals surface area contributed by atoms with Gasteiger partial charge in [-0.2, -0.15) is 4.31 Å². The van der Waals surface area contributed by atoms with Crippen LogP contribution < -0.4 is 0 Å². The number of nitrogens with zero attached hydrogens (tertiary/aromatic N) is 2. The van der Waals surface area contributed by atoms with Crippen LogP contribution in [-0.2, 0) is 20.5 Å². The van der Waals surface area contributed by atoms with Gasteiger partial charge in [0, 0.05) is 25.6 Å². The minimum atomic E-state index is -3.45. The smallest absolute Gasteiger partial charge is 0.218 e. The summed E-state index contributed by atoms with van der Waals surface area (Å²) < 4.78 is 45.8. The minimum absolute atomic E-state index is 0.0970. The van der Waals surface area contributed by atoms with Gasteiger partial charge in [-0.3, -0.25) is 0 Å². The molecule has 0 spiro atoms. The molecule has 0 radical (unpaired) electrons. The SMILES string of the molecule is CN1C[C@@H]2COC[C@H](C1)N(S(=O)(=O)Cc1ccc(F)cc1)C2. The zero-order valence-corrected chi connectivity index (χ0v) is 13.4. The van der Waals surface area contributed by atoms with Gasteiger partial charge in [0.1, 0.15) is 5.82 Å². The number of hydrogen-bond acceptors (Lipinski definition) is 4. The summed E-state index contributed by atoms with van der Waals surface area (Å²) in [5.41, 5.74) is 0.606. The first-order chi connectivity index (χ1) is 10.4. The predicted octanol–water partition coefficient (Wildman–Crippen LogP) is 0.918. The van der Waals surface area contributed by atoms with E-state index in [0.29, 0.717) is 31.9 Å². The van der Waals surface area contributed by atoms with E-state index in [9.17, 15) is 12.8 Å². The van der Waals surface area contributed by atoms with Crippen molar-refractivity contribution in [3.8, 4) is 0 Å². The van der Waals surface area contributed by atoms with E-state index in [2.05, 4.69) is 4.90 Å². The van der Waals surface area contributed by atoms with Crippen molar-refractivity contribution in [1.82, 2.24) is 9.21 Å². The second-order valence-electron chi connectivity index (χ2n) is 6.23. The summed E-state index contributed by atoms with van der Waals surface area (Å²) in [6.07, 6.45) is 0. The van der Waals surface area contributed by atoms with Crippen LogP contribution in [0.5, 0.6) is 0 Å². The van der Waals surface area contributed by atoms with Crippen molar-refractivity contribution in [3.05, 3.63) is 35.6 Å². The molecule has 0 unspecified atom stereocenters. The van der Waals surface area contributed by atoms with E-state index in [1.54, 1.807) is 4.31 Å². The van der Waals surface area contributed by atoms with Crippen molar-refractivity contribution in [1.29, 1.82) is 0 Å². The Kier molecular flexibility index (Phi) is 4.49. The van der Waals surface area contributed by atoms with E-state index in [-0.39, 0.29) is 23.5 Å². The normalized spacial score (nSPS) is 27.5. The number of fused-ring (bicyclic) bond motifs is 3. The van der Waals surface area contributed by atoms with Gasteiger partial charge in [-0.05, 0) is 24.7 Å². The van der Waals surface area contributed by atoms with Crippen molar-refractivity contribution in [2.24, 2.45) is 5.92 Å². The largest absolute Gasteiger partial charge is 0.379 e. The summed E-state index contributed by atoms with van der Waals surface area (Å²) in [6, 6.07) is 5.49. The highest BCUT2D eigenvalue weighted by Gasteiger charge is 2.38. The highest BCUT2D eigenvalue weighted by Crippen LogP contribution is 2.23. The van der Waals surface area contributed by atoms with Crippen LogP contribution in [0.2, 0.25) is 0 Å². The van der Waals surface area contributed by atoms with E-state index in [4.69, 9.17) is 4.74 Å². The molecule has 2 heterocycles. The standard InChI is InChI=1S/C15H21FN2O3S/c1-17-6-13-7-18(15(8-17)10-21-9-13)22(19,20)11-12-2-4-14(16)5-3-12/h2-5,13,15H,6-11H2,1H3/t13-,15-/m0/s1. The number of likely N-dealkylation sites (N-methyl/N-ethyl adjacent to an activating group) is 1. The van der Waals surface area contributed by atoms with E-state index in [0.717, 1.165) is 6.54 Å². The van der Waals surface area contributed by atoms with E-state index in [1.165, 1.54) is 24.3 Å². The highest BCUT2D eigenvalue weighted by molar-refractivity contribution is 7.88. The zero-order valence-electron chi connectivity index (χ0n) is 12.6. The molecule has 1 aromatic carbocycles. The molecule has 0 saturated carbocycles. The maximum absolute atomic E-state index is 13.0. The average molecular weight is 328 g/mol. The van der Waals surface area contributed by atoms with Gasteiger partial charge in [0.25, 0.3) is 0 Å². The summed E-state index contributed by atoms with van der Waals surface area (Å²) in [7, 11) is -1.43. The summed E-state index contributed by atoms with van der Waals surface area (Å²) in [6.45, 7) is 3.06. The Bertz CT molecular complexity index is 620. The molecule has 2 aliphatic rings. The van der Waals surface area contributed by atoms with Crippen LogP contribution in [0.1, 0.15) is 5.56 Å². The topological polar surface area (TPSA) is 49.9 Å². The number of halogens is 1. The van der Waals surface area contributed by atoms with Gasteiger partial charge in [0.2, 0.25) is 10.0 Å². The van der Waals surface area contributed by atoms with Crippen LogP contribution in [0.3, 0.4) is 0 Å². The lowest BCUT2D eigenvalue weighted by Crippen LogP contribution is -2.46. The molecular weight excluding hydrogens is 307 g/mol. The third-order valence-electron chi connectivity index (χ3n) is 4.22. The van der Waals surface area contributed by atoms with Crippen LogP contribution in [0.25, 0.3) is 0 Å². The second kappa shape index (κ2) is 6.23. The minimum Gasteiger partial charge on any atom is -0.379 e. The van der Waals surface area contributed by atoms with E-state index in [1.807, 2.05) is 7.05 Å². The molecule has 2 bridgehead atoms. The lowest BCUT2D eigenvalue weighted by molar-refractivity contribution is 0.0659. The molecule has 2 aliphatic heterocycles. The lowest BCUT2D eigenvalue weighted by atomic mass is 10.1. The van der Waals surface area contributed by atoms with Crippen molar-refractivity contribution in [2.45, 2.75) is 11.8 Å². The first-order valence-electron chi connectivity index (χ1n) is 7.44. The Morgan fingerprint density at radius 1 is 1.18 bits per heavy atom. The Morgan fingerprint density at radius 3 is 2.64 bits per heavy atom. The summed E-state index contributed by atoms with van der Waals surface area (Å²) in [4.78, 5) is 2.17. The van der Waals surface area contributed by atoms with Crippen molar-refractivity contribution < 1.29 is 17.5 Å².